The Bertz CT molecular complexity index is 938. The number of rotatable bonds is 8. The van der Waals surface area contributed by atoms with E-state index >= 15 is 0 Å². The number of amides is 1. The molecule has 0 fully saturated rings. The predicted octanol–water partition coefficient (Wildman–Crippen LogP) is 1.69. The van der Waals surface area contributed by atoms with Crippen LogP contribution in [0.5, 0.6) is 0 Å². The Morgan fingerprint density at radius 1 is 1.15 bits per heavy atom. The lowest BCUT2D eigenvalue weighted by atomic mass is 10.2. The lowest BCUT2D eigenvalue weighted by molar-refractivity contribution is -0.118. The molecule has 8 heteroatoms. The minimum Gasteiger partial charge on any atom is -0.354 e. The van der Waals surface area contributed by atoms with Gasteiger partial charge in [-0.25, -0.2) is 9.48 Å². The summed E-state index contributed by atoms with van der Waals surface area (Å²) < 4.78 is 2.81. The zero-order valence-corrected chi connectivity index (χ0v) is 15.9. The summed E-state index contributed by atoms with van der Waals surface area (Å²) >= 11 is 1.56. The van der Waals surface area contributed by atoms with Gasteiger partial charge in [-0.2, -0.15) is 0 Å². The first kappa shape index (κ1) is 18.9. The van der Waals surface area contributed by atoms with Crippen LogP contribution in [-0.4, -0.2) is 37.5 Å². The van der Waals surface area contributed by atoms with Crippen molar-refractivity contribution in [2.45, 2.75) is 12.3 Å². The number of thioether (sulfide) groups is 1. The molecular formula is C19H21N5O2S. The molecule has 1 N–H and O–H groups in total. The van der Waals surface area contributed by atoms with Crippen LogP contribution in [0, 0.1) is 0 Å². The third-order valence-corrected chi connectivity index (χ3v) is 4.93. The summed E-state index contributed by atoms with van der Waals surface area (Å²) in [4.78, 5) is 28.5. The Hall–Kier alpha value is -2.87. The third kappa shape index (κ3) is 5.07. The molecule has 1 aromatic carbocycles. The summed E-state index contributed by atoms with van der Waals surface area (Å²) in [5, 5.41) is 7.16. The smallest absolute Gasteiger partial charge is 0.346 e. The van der Waals surface area contributed by atoms with Gasteiger partial charge in [-0.05, 0) is 17.7 Å². The van der Waals surface area contributed by atoms with E-state index in [4.69, 9.17) is 0 Å². The zero-order chi connectivity index (χ0) is 19.1. The van der Waals surface area contributed by atoms with Gasteiger partial charge < -0.3 is 5.32 Å². The van der Waals surface area contributed by atoms with Gasteiger partial charge in [0.2, 0.25) is 5.91 Å². The summed E-state index contributed by atoms with van der Waals surface area (Å²) in [6.45, 7) is 0.665. The highest BCUT2D eigenvalue weighted by Gasteiger charge is 2.12. The molecular weight excluding hydrogens is 362 g/mol. The highest BCUT2D eigenvalue weighted by atomic mass is 32.2. The molecule has 0 saturated heterocycles. The minimum absolute atomic E-state index is 0.0511. The lowest BCUT2D eigenvalue weighted by Crippen LogP contribution is -2.32. The van der Waals surface area contributed by atoms with Crippen LogP contribution in [-0.2, 0) is 24.1 Å². The molecule has 7 nitrogen and oxygen atoms in total. The predicted molar refractivity (Wildman–Crippen MR) is 106 cm³/mol. The van der Waals surface area contributed by atoms with E-state index < -0.39 is 0 Å². The Kier molecular flexibility index (Phi) is 6.43. The summed E-state index contributed by atoms with van der Waals surface area (Å²) in [5.74, 6) is 1.63. The van der Waals surface area contributed by atoms with Crippen LogP contribution < -0.4 is 11.0 Å². The monoisotopic (exact) mass is 383 g/mol. The molecule has 140 valence electrons. The van der Waals surface area contributed by atoms with Crippen molar-refractivity contribution in [1.29, 1.82) is 0 Å². The van der Waals surface area contributed by atoms with Gasteiger partial charge in [0.1, 0.15) is 5.69 Å². The normalized spacial score (nSPS) is 10.7. The second-order valence-electron chi connectivity index (χ2n) is 5.93. The third-order valence-electron chi connectivity index (χ3n) is 3.93. The first-order valence-corrected chi connectivity index (χ1v) is 9.74. The summed E-state index contributed by atoms with van der Waals surface area (Å²) in [7, 11) is 1.66. The summed E-state index contributed by atoms with van der Waals surface area (Å²) in [6, 6.07) is 15.5. The van der Waals surface area contributed by atoms with E-state index in [2.05, 4.69) is 15.4 Å². The molecule has 0 aliphatic carbocycles. The van der Waals surface area contributed by atoms with Crippen LogP contribution in [0.4, 0.5) is 0 Å². The highest BCUT2D eigenvalue weighted by molar-refractivity contribution is 7.99. The molecule has 0 aliphatic heterocycles. The Labute approximate surface area is 161 Å². The van der Waals surface area contributed by atoms with Crippen molar-refractivity contribution in [3.05, 3.63) is 70.8 Å². The van der Waals surface area contributed by atoms with Crippen LogP contribution in [0.2, 0.25) is 0 Å². The van der Waals surface area contributed by atoms with E-state index in [1.54, 1.807) is 31.1 Å². The highest BCUT2D eigenvalue weighted by Crippen LogP contribution is 2.11. The van der Waals surface area contributed by atoms with Gasteiger partial charge >= 0.3 is 5.69 Å². The number of aromatic nitrogens is 4. The first-order valence-electron chi connectivity index (χ1n) is 8.59. The van der Waals surface area contributed by atoms with E-state index in [-0.39, 0.29) is 11.6 Å². The van der Waals surface area contributed by atoms with Crippen molar-refractivity contribution in [3.8, 4) is 11.5 Å². The van der Waals surface area contributed by atoms with Gasteiger partial charge in [-0.3, -0.25) is 14.3 Å². The molecule has 3 aromatic rings. The van der Waals surface area contributed by atoms with E-state index in [9.17, 15) is 9.59 Å². The van der Waals surface area contributed by atoms with Gasteiger partial charge in [-0.1, -0.05) is 36.4 Å². The van der Waals surface area contributed by atoms with Crippen molar-refractivity contribution in [1.82, 2.24) is 24.6 Å². The van der Waals surface area contributed by atoms with Crippen LogP contribution in [0.3, 0.4) is 0 Å². The standard InChI is InChI=1S/C19H21N5O2S/c1-23-18(16-9-5-6-10-20-16)22-24(19(23)26)12-11-21-17(25)14-27-13-15-7-3-2-4-8-15/h2-10H,11-14H2,1H3,(H,21,25). The van der Waals surface area contributed by atoms with Gasteiger partial charge in [-0.15, -0.1) is 16.9 Å². The van der Waals surface area contributed by atoms with E-state index in [1.807, 2.05) is 42.5 Å². The van der Waals surface area contributed by atoms with E-state index in [0.717, 1.165) is 5.75 Å². The summed E-state index contributed by atoms with van der Waals surface area (Å²) in [5.41, 5.74) is 1.60. The van der Waals surface area contributed by atoms with Crippen molar-refractivity contribution in [3.63, 3.8) is 0 Å². The quantitative estimate of drug-likeness (QED) is 0.640. The number of hydrogen-bond donors (Lipinski definition) is 1. The van der Waals surface area contributed by atoms with Crippen molar-refractivity contribution >= 4 is 17.7 Å². The van der Waals surface area contributed by atoms with Crippen molar-refractivity contribution in [2.75, 3.05) is 12.3 Å². The fourth-order valence-corrected chi connectivity index (χ4v) is 3.36. The molecule has 0 spiro atoms. The average Bonchev–Trinajstić information content (AvgIpc) is 2.98. The van der Waals surface area contributed by atoms with Gasteiger partial charge in [0.25, 0.3) is 0 Å². The molecule has 1 amide bonds. The molecule has 0 bridgehead atoms. The van der Waals surface area contributed by atoms with E-state index in [1.165, 1.54) is 14.8 Å². The largest absolute Gasteiger partial charge is 0.354 e. The molecule has 0 atom stereocenters. The SMILES string of the molecule is Cn1c(-c2ccccn2)nn(CCNC(=O)CSCc2ccccc2)c1=O. The van der Waals surface area contributed by atoms with E-state index in [0.29, 0.717) is 30.4 Å². The lowest BCUT2D eigenvalue weighted by Gasteiger charge is -2.05. The van der Waals surface area contributed by atoms with Crippen molar-refractivity contribution < 1.29 is 4.79 Å². The minimum atomic E-state index is -0.233. The second kappa shape index (κ2) is 9.18. The van der Waals surface area contributed by atoms with Crippen molar-refractivity contribution in [2.24, 2.45) is 7.05 Å². The maximum Gasteiger partial charge on any atom is 0.346 e. The topological polar surface area (TPSA) is 81.8 Å². The number of nitrogens with zero attached hydrogens (tertiary/aromatic N) is 4. The fourth-order valence-electron chi connectivity index (χ4n) is 2.54. The number of carbonyl (C=O) groups excluding carboxylic acids is 1. The van der Waals surface area contributed by atoms with Gasteiger partial charge in [0.15, 0.2) is 5.82 Å². The number of nitrogens with one attached hydrogen (secondary N) is 1. The molecule has 27 heavy (non-hydrogen) atoms. The zero-order valence-electron chi connectivity index (χ0n) is 15.0. The van der Waals surface area contributed by atoms with Crippen LogP contribution >= 0.6 is 11.8 Å². The number of pyridine rings is 1. The number of hydrogen-bond acceptors (Lipinski definition) is 5. The molecule has 0 saturated carbocycles. The summed E-state index contributed by atoms with van der Waals surface area (Å²) in [6.07, 6.45) is 1.66. The number of benzene rings is 1. The molecule has 3 rings (SSSR count). The molecule has 0 aliphatic rings. The second-order valence-corrected chi connectivity index (χ2v) is 6.92. The van der Waals surface area contributed by atoms with Crippen LogP contribution in [0.25, 0.3) is 11.5 Å². The fraction of sp³-hybridized carbons (Fsp3) is 0.263. The molecule has 2 aromatic heterocycles. The Balaban J connectivity index is 1.48. The van der Waals surface area contributed by atoms with Crippen LogP contribution in [0.15, 0.2) is 59.5 Å². The molecule has 0 radical (unpaired) electrons. The van der Waals surface area contributed by atoms with Gasteiger partial charge in [0, 0.05) is 25.5 Å². The maximum atomic E-state index is 12.3. The molecule has 2 heterocycles. The average molecular weight is 383 g/mol. The number of carbonyl (C=O) groups is 1. The van der Waals surface area contributed by atoms with Crippen LogP contribution in [0.1, 0.15) is 5.56 Å². The van der Waals surface area contributed by atoms with Gasteiger partial charge in [0.05, 0.1) is 12.3 Å². The Morgan fingerprint density at radius 2 is 1.93 bits per heavy atom. The maximum absolute atomic E-state index is 12.3. The Morgan fingerprint density at radius 3 is 2.67 bits per heavy atom. The first-order chi connectivity index (χ1) is 13.1. The molecule has 0 unspecified atom stereocenters.